The van der Waals surface area contributed by atoms with Gasteiger partial charge in [0.2, 0.25) is 5.91 Å². The lowest BCUT2D eigenvalue weighted by Gasteiger charge is -2.19. The number of likely N-dealkylation sites (N-methyl/N-ethyl adjacent to an activating group) is 2. The van der Waals surface area contributed by atoms with Crippen LogP contribution >= 0.6 is 23.8 Å². The molecule has 0 bridgehead atoms. The fourth-order valence-electron chi connectivity index (χ4n) is 1.50. The molecule has 0 atom stereocenters. The minimum atomic E-state index is -0.0328. The number of halogens is 1. The molecule has 18 heavy (non-hydrogen) atoms. The topological polar surface area (TPSA) is 58.4 Å². The van der Waals surface area contributed by atoms with Crippen molar-refractivity contribution in [3.8, 4) is 0 Å². The largest absolute Gasteiger partial charge is 0.389 e. The van der Waals surface area contributed by atoms with Gasteiger partial charge in [-0.15, -0.1) is 0 Å². The normalized spacial score (nSPS) is 9.94. The van der Waals surface area contributed by atoms with Crippen molar-refractivity contribution in [3.63, 3.8) is 0 Å². The van der Waals surface area contributed by atoms with Crippen LogP contribution in [0.25, 0.3) is 0 Å². The second-order valence-electron chi connectivity index (χ2n) is 3.84. The van der Waals surface area contributed by atoms with Crippen molar-refractivity contribution in [1.82, 2.24) is 5.32 Å². The van der Waals surface area contributed by atoms with Gasteiger partial charge in [-0.05, 0) is 25.1 Å². The summed E-state index contributed by atoms with van der Waals surface area (Å²) >= 11 is 10.9. The Bertz CT molecular complexity index is 465. The highest BCUT2D eigenvalue weighted by molar-refractivity contribution is 7.80. The first-order valence-corrected chi connectivity index (χ1v) is 6.31. The van der Waals surface area contributed by atoms with E-state index >= 15 is 0 Å². The lowest BCUT2D eigenvalue weighted by Crippen LogP contribution is -2.34. The molecule has 3 N–H and O–H groups in total. The summed E-state index contributed by atoms with van der Waals surface area (Å²) in [6.45, 7) is 2.77. The summed E-state index contributed by atoms with van der Waals surface area (Å²) in [5.41, 5.74) is 7.01. The summed E-state index contributed by atoms with van der Waals surface area (Å²) in [4.78, 5) is 13.5. The molecule has 0 saturated heterocycles. The highest BCUT2D eigenvalue weighted by Crippen LogP contribution is 2.22. The Balaban J connectivity index is 2.81. The quantitative estimate of drug-likeness (QED) is 0.806. The molecule has 1 rings (SSSR count). The lowest BCUT2D eigenvalue weighted by atomic mass is 10.2. The van der Waals surface area contributed by atoms with E-state index in [1.165, 1.54) is 0 Å². The van der Waals surface area contributed by atoms with Crippen molar-refractivity contribution in [2.45, 2.75) is 6.92 Å². The van der Waals surface area contributed by atoms with Gasteiger partial charge in [-0.25, -0.2) is 0 Å². The number of anilines is 1. The van der Waals surface area contributed by atoms with Crippen molar-refractivity contribution < 1.29 is 4.79 Å². The molecule has 0 unspecified atom stereocenters. The van der Waals surface area contributed by atoms with Gasteiger partial charge in [0.05, 0.1) is 11.6 Å². The molecule has 0 radical (unpaired) electrons. The molecular weight excluding hydrogens is 270 g/mol. The summed E-state index contributed by atoms with van der Waals surface area (Å²) in [6.07, 6.45) is 0. The van der Waals surface area contributed by atoms with Crippen molar-refractivity contribution in [2.75, 3.05) is 25.0 Å². The number of amides is 1. The molecule has 1 aromatic carbocycles. The van der Waals surface area contributed by atoms with E-state index in [1.54, 1.807) is 17.0 Å². The number of thiocarbonyl (C=S) groups is 1. The van der Waals surface area contributed by atoms with Gasteiger partial charge in [0.1, 0.15) is 4.99 Å². The number of carbonyl (C=O) groups excluding carboxylic acids is 1. The number of hydrogen-bond acceptors (Lipinski definition) is 3. The third-order valence-electron chi connectivity index (χ3n) is 2.41. The van der Waals surface area contributed by atoms with Crippen molar-refractivity contribution in [3.05, 3.63) is 28.8 Å². The zero-order valence-electron chi connectivity index (χ0n) is 10.4. The standard InChI is InChI=1S/C12H16ClN3OS/c1-3-15-11(17)7-16(2)8-4-5-9(12(14)18)10(13)6-8/h4-6H,3,7H2,1-2H3,(H2,14,18)(H,15,17). The van der Waals surface area contributed by atoms with Crippen LogP contribution < -0.4 is 16.0 Å². The molecule has 6 heteroatoms. The minimum Gasteiger partial charge on any atom is -0.389 e. The molecular formula is C12H16ClN3OS. The zero-order chi connectivity index (χ0) is 13.7. The summed E-state index contributed by atoms with van der Waals surface area (Å²) in [7, 11) is 1.82. The van der Waals surface area contributed by atoms with Crippen LogP contribution in [0.4, 0.5) is 5.69 Å². The van der Waals surface area contributed by atoms with Crippen LogP contribution in [-0.2, 0) is 4.79 Å². The fraction of sp³-hybridized carbons (Fsp3) is 0.333. The number of benzene rings is 1. The van der Waals surface area contributed by atoms with Gasteiger partial charge < -0.3 is 16.0 Å². The van der Waals surface area contributed by atoms with E-state index in [2.05, 4.69) is 5.32 Å². The number of nitrogens with one attached hydrogen (secondary N) is 1. The molecule has 0 heterocycles. The monoisotopic (exact) mass is 285 g/mol. The Hall–Kier alpha value is -1.33. The maximum absolute atomic E-state index is 11.5. The molecule has 4 nitrogen and oxygen atoms in total. The van der Waals surface area contributed by atoms with Crippen LogP contribution in [0.15, 0.2) is 18.2 Å². The van der Waals surface area contributed by atoms with Gasteiger partial charge in [0.15, 0.2) is 0 Å². The molecule has 1 amide bonds. The third kappa shape index (κ3) is 3.85. The molecule has 0 aliphatic heterocycles. The van der Waals surface area contributed by atoms with Crippen LogP contribution in [0, 0.1) is 0 Å². The Kier molecular flexibility index (Phi) is 5.37. The summed E-state index contributed by atoms with van der Waals surface area (Å²) in [5.74, 6) is -0.0328. The van der Waals surface area contributed by atoms with E-state index in [0.717, 1.165) is 5.69 Å². The Labute approximate surface area is 117 Å². The fourth-order valence-corrected chi connectivity index (χ4v) is 2.01. The summed E-state index contributed by atoms with van der Waals surface area (Å²) < 4.78 is 0. The Morgan fingerprint density at radius 1 is 1.56 bits per heavy atom. The molecule has 0 aliphatic carbocycles. The van der Waals surface area contributed by atoms with Crippen LogP contribution in [-0.4, -0.2) is 31.0 Å². The average molecular weight is 286 g/mol. The molecule has 0 spiro atoms. The molecule has 0 aromatic heterocycles. The number of nitrogens with zero attached hydrogens (tertiary/aromatic N) is 1. The van der Waals surface area contributed by atoms with Gasteiger partial charge >= 0.3 is 0 Å². The number of carbonyl (C=O) groups is 1. The number of nitrogens with two attached hydrogens (primary N) is 1. The highest BCUT2D eigenvalue weighted by Gasteiger charge is 2.09. The Morgan fingerprint density at radius 3 is 2.72 bits per heavy atom. The van der Waals surface area contributed by atoms with Crippen LogP contribution in [0.1, 0.15) is 12.5 Å². The van der Waals surface area contributed by atoms with Gasteiger partial charge in [0.25, 0.3) is 0 Å². The first-order chi connectivity index (χ1) is 8.45. The predicted molar refractivity (Wildman–Crippen MR) is 79.3 cm³/mol. The molecule has 98 valence electrons. The van der Waals surface area contributed by atoms with Crippen LogP contribution in [0.3, 0.4) is 0 Å². The second-order valence-corrected chi connectivity index (χ2v) is 4.68. The predicted octanol–water partition coefficient (Wildman–Crippen LogP) is 1.55. The van der Waals surface area contributed by atoms with E-state index in [9.17, 15) is 4.79 Å². The van der Waals surface area contributed by atoms with Gasteiger partial charge in [0, 0.05) is 24.8 Å². The van der Waals surface area contributed by atoms with Crippen LogP contribution in [0.5, 0.6) is 0 Å². The molecule has 0 aliphatic rings. The highest BCUT2D eigenvalue weighted by atomic mass is 35.5. The van der Waals surface area contributed by atoms with E-state index in [1.807, 2.05) is 20.0 Å². The van der Waals surface area contributed by atoms with Crippen molar-refractivity contribution >= 4 is 40.4 Å². The molecule has 0 fully saturated rings. The van der Waals surface area contributed by atoms with E-state index in [4.69, 9.17) is 29.6 Å². The summed E-state index contributed by atoms with van der Waals surface area (Å²) in [5, 5.41) is 3.22. The lowest BCUT2D eigenvalue weighted by molar-refractivity contribution is -0.119. The van der Waals surface area contributed by atoms with E-state index in [-0.39, 0.29) is 17.4 Å². The maximum Gasteiger partial charge on any atom is 0.239 e. The second kappa shape index (κ2) is 6.56. The van der Waals surface area contributed by atoms with Crippen molar-refractivity contribution in [1.29, 1.82) is 0 Å². The van der Waals surface area contributed by atoms with Gasteiger partial charge in [-0.3, -0.25) is 4.79 Å². The number of hydrogen-bond donors (Lipinski definition) is 2. The molecule has 1 aromatic rings. The first kappa shape index (κ1) is 14.7. The first-order valence-electron chi connectivity index (χ1n) is 5.53. The van der Waals surface area contributed by atoms with Gasteiger partial charge in [-0.1, -0.05) is 23.8 Å². The smallest absolute Gasteiger partial charge is 0.239 e. The maximum atomic E-state index is 11.5. The van der Waals surface area contributed by atoms with Crippen LogP contribution in [0.2, 0.25) is 5.02 Å². The summed E-state index contributed by atoms with van der Waals surface area (Å²) in [6, 6.07) is 5.34. The van der Waals surface area contributed by atoms with Gasteiger partial charge in [-0.2, -0.15) is 0 Å². The zero-order valence-corrected chi connectivity index (χ0v) is 11.9. The number of rotatable bonds is 5. The van der Waals surface area contributed by atoms with E-state index < -0.39 is 0 Å². The van der Waals surface area contributed by atoms with E-state index in [0.29, 0.717) is 17.1 Å². The Morgan fingerprint density at radius 2 is 2.22 bits per heavy atom. The average Bonchev–Trinajstić information content (AvgIpc) is 2.28. The minimum absolute atomic E-state index is 0.0328. The third-order valence-corrected chi connectivity index (χ3v) is 2.95. The molecule has 0 saturated carbocycles. The van der Waals surface area contributed by atoms with Crippen molar-refractivity contribution in [2.24, 2.45) is 5.73 Å². The SMILES string of the molecule is CCNC(=O)CN(C)c1ccc(C(N)=S)c(Cl)c1.